The zero-order valence-corrected chi connectivity index (χ0v) is 13.8. The molecule has 3 rings (SSSR count). The zero-order chi connectivity index (χ0) is 15.4. The lowest BCUT2D eigenvalue weighted by molar-refractivity contribution is -0.224. The first-order valence-electron chi connectivity index (χ1n) is 7.13. The first kappa shape index (κ1) is 15.6. The molecule has 0 aromatic rings. The molecule has 0 radical (unpaired) electrons. The highest BCUT2D eigenvalue weighted by Crippen LogP contribution is 2.44. The van der Waals surface area contributed by atoms with Gasteiger partial charge < -0.3 is 28.4 Å². The largest absolute Gasteiger partial charge is 0.490 e. The summed E-state index contributed by atoms with van der Waals surface area (Å²) < 4.78 is 34.5. The maximum Gasteiger partial charge on any atom is 0.188 e. The van der Waals surface area contributed by atoms with Crippen LogP contribution in [0.3, 0.4) is 0 Å². The molecule has 120 valence electrons. The van der Waals surface area contributed by atoms with E-state index in [4.69, 9.17) is 40.6 Å². The summed E-state index contributed by atoms with van der Waals surface area (Å²) in [5.41, 5.74) is 0. The summed E-state index contributed by atoms with van der Waals surface area (Å²) >= 11 is 5.35. The van der Waals surface area contributed by atoms with Crippen molar-refractivity contribution in [1.29, 1.82) is 0 Å². The van der Waals surface area contributed by atoms with Crippen molar-refractivity contribution in [2.24, 2.45) is 5.92 Å². The van der Waals surface area contributed by atoms with Gasteiger partial charge in [0.25, 0.3) is 0 Å². The molecule has 5 atom stereocenters. The quantitative estimate of drug-likeness (QED) is 0.717. The Kier molecular flexibility index (Phi) is 3.79. The van der Waals surface area contributed by atoms with Crippen LogP contribution in [0.25, 0.3) is 0 Å². The minimum atomic E-state index is -0.686. The van der Waals surface area contributed by atoms with Crippen molar-refractivity contribution in [3.05, 3.63) is 0 Å². The summed E-state index contributed by atoms with van der Waals surface area (Å²) in [6.07, 6.45) is -1.27. The van der Waals surface area contributed by atoms with Crippen molar-refractivity contribution >= 4 is 17.3 Å². The van der Waals surface area contributed by atoms with Crippen molar-refractivity contribution in [2.75, 3.05) is 13.7 Å². The van der Waals surface area contributed by atoms with E-state index in [1.807, 2.05) is 27.7 Å². The fourth-order valence-electron chi connectivity index (χ4n) is 3.13. The Hall–Kier alpha value is -0.310. The molecule has 0 aromatic heterocycles. The lowest BCUT2D eigenvalue weighted by Crippen LogP contribution is -2.42. The molecule has 6 nitrogen and oxygen atoms in total. The molecule has 7 heteroatoms. The van der Waals surface area contributed by atoms with E-state index in [1.165, 1.54) is 0 Å². The van der Waals surface area contributed by atoms with Crippen LogP contribution in [0.4, 0.5) is 0 Å². The highest BCUT2D eigenvalue weighted by atomic mass is 32.1. The number of hydrogen-bond donors (Lipinski definition) is 0. The Morgan fingerprint density at radius 2 is 1.76 bits per heavy atom. The molecule has 0 unspecified atom stereocenters. The van der Waals surface area contributed by atoms with Gasteiger partial charge in [0.15, 0.2) is 22.9 Å². The van der Waals surface area contributed by atoms with Gasteiger partial charge in [0.05, 0.1) is 19.6 Å². The van der Waals surface area contributed by atoms with E-state index in [2.05, 4.69) is 0 Å². The van der Waals surface area contributed by atoms with Gasteiger partial charge in [-0.15, -0.1) is 0 Å². The van der Waals surface area contributed by atoms with E-state index in [0.717, 1.165) is 0 Å². The molecule has 3 saturated heterocycles. The van der Waals surface area contributed by atoms with Crippen LogP contribution in [-0.4, -0.2) is 54.9 Å². The number of thiocarbonyl (C=S) groups is 1. The predicted octanol–water partition coefficient (Wildman–Crippen LogP) is 1.60. The second-order valence-corrected chi connectivity index (χ2v) is 6.89. The number of fused-ring (bicyclic) bond motifs is 1. The smallest absolute Gasteiger partial charge is 0.188 e. The molecule has 21 heavy (non-hydrogen) atoms. The summed E-state index contributed by atoms with van der Waals surface area (Å²) in [6.45, 7) is 7.91. The molecule has 3 fully saturated rings. The molecule has 0 aliphatic carbocycles. The van der Waals surface area contributed by atoms with Crippen LogP contribution in [0.5, 0.6) is 0 Å². The minimum absolute atomic E-state index is 0.223. The maximum atomic E-state index is 6.01. The van der Waals surface area contributed by atoms with Gasteiger partial charge in [-0.1, -0.05) is 0 Å². The van der Waals surface area contributed by atoms with Gasteiger partial charge in [0.2, 0.25) is 0 Å². The molecule has 0 aromatic carbocycles. The van der Waals surface area contributed by atoms with Crippen LogP contribution >= 0.6 is 12.2 Å². The first-order valence-corrected chi connectivity index (χ1v) is 7.54. The van der Waals surface area contributed by atoms with E-state index in [-0.39, 0.29) is 24.2 Å². The third kappa shape index (κ3) is 2.83. The molecule has 0 saturated carbocycles. The molecular formula is C14H22O6S. The SMILES string of the molecule is COC(=S)[C@H]1[C@H]2OC(C)(C)O[C@H]2O[C@@H]1[C@@H]1COC(C)(C)O1. The molecule has 0 N–H and O–H groups in total. The number of hydrogen-bond acceptors (Lipinski definition) is 7. The van der Waals surface area contributed by atoms with Crippen molar-refractivity contribution in [3.63, 3.8) is 0 Å². The summed E-state index contributed by atoms with van der Waals surface area (Å²) in [5, 5.41) is 0.446. The van der Waals surface area contributed by atoms with Crippen LogP contribution in [0.1, 0.15) is 27.7 Å². The topological polar surface area (TPSA) is 55.4 Å². The van der Waals surface area contributed by atoms with Crippen molar-refractivity contribution in [3.8, 4) is 0 Å². The molecule has 0 bridgehead atoms. The third-order valence-electron chi connectivity index (χ3n) is 3.96. The van der Waals surface area contributed by atoms with Crippen LogP contribution in [-0.2, 0) is 28.4 Å². The molecule has 3 heterocycles. The molecule has 0 spiro atoms. The monoisotopic (exact) mass is 318 g/mol. The standard InChI is InChI=1S/C14H22O6S/c1-13(2)16-6-7(18-13)9-8(12(21)15-5)10-11(17-9)20-14(3,4)19-10/h7-11H,6H2,1-5H3/t7-,8+,9+,10+,11+/m0/s1. The fraction of sp³-hybridized carbons (Fsp3) is 0.929. The Morgan fingerprint density at radius 3 is 2.33 bits per heavy atom. The number of rotatable bonds is 2. The number of ether oxygens (including phenoxy) is 6. The van der Waals surface area contributed by atoms with Crippen molar-refractivity contribution in [1.82, 2.24) is 0 Å². The summed E-state index contributed by atoms with van der Waals surface area (Å²) in [4.78, 5) is 0. The van der Waals surface area contributed by atoms with Gasteiger partial charge in [-0.25, -0.2) is 0 Å². The van der Waals surface area contributed by atoms with Gasteiger partial charge in [-0.3, -0.25) is 0 Å². The molecule has 3 aliphatic heterocycles. The maximum absolute atomic E-state index is 6.01. The van der Waals surface area contributed by atoms with Crippen LogP contribution in [0.15, 0.2) is 0 Å². The number of methoxy groups -OCH3 is 1. The lowest BCUT2D eigenvalue weighted by Gasteiger charge is -2.28. The second-order valence-electron chi connectivity index (χ2n) is 6.49. The third-order valence-corrected chi connectivity index (χ3v) is 4.40. The normalized spacial score (nSPS) is 43.8. The fourth-order valence-corrected chi connectivity index (χ4v) is 3.40. The molecule has 3 aliphatic rings. The van der Waals surface area contributed by atoms with E-state index in [1.54, 1.807) is 7.11 Å². The van der Waals surface area contributed by atoms with E-state index in [9.17, 15) is 0 Å². The van der Waals surface area contributed by atoms with Crippen LogP contribution in [0, 0.1) is 5.92 Å². The zero-order valence-electron chi connectivity index (χ0n) is 13.0. The van der Waals surface area contributed by atoms with Crippen LogP contribution in [0.2, 0.25) is 0 Å². The summed E-state index contributed by atoms with van der Waals surface area (Å²) in [7, 11) is 1.56. The van der Waals surface area contributed by atoms with Gasteiger partial charge >= 0.3 is 0 Å². The Labute approximate surface area is 130 Å². The van der Waals surface area contributed by atoms with Crippen LogP contribution < -0.4 is 0 Å². The molecule has 0 amide bonds. The van der Waals surface area contributed by atoms with Gasteiger partial charge in [0, 0.05) is 0 Å². The van der Waals surface area contributed by atoms with Gasteiger partial charge in [-0.2, -0.15) is 0 Å². The average molecular weight is 318 g/mol. The Morgan fingerprint density at radius 1 is 1.05 bits per heavy atom. The second kappa shape index (κ2) is 5.11. The predicted molar refractivity (Wildman–Crippen MR) is 76.7 cm³/mol. The average Bonchev–Trinajstić information content (AvgIpc) is 2.97. The molecular weight excluding hydrogens is 296 g/mol. The Bertz CT molecular complexity index is 437. The highest BCUT2D eigenvalue weighted by Gasteiger charge is 2.59. The lowest BCUT2D eigenvalue weighted by atomic mass is 9.95. The Balaban J connectivity index is 1.80. The van der Waals surface area contributed by atoms with Crippen molar-refractivity contribution < 1.29 is 28.4 Å². The van der Waals surface area contributed by atoms with E-state index >= 15 is 0 Å². The van der Waals surface area contributed by atoms with Crippen molar-refractivity contribution in [2.45, 2.75) is 63.9 Å². The summed E-state index contributed by atoms with van der Waals surface area (Å²) in [6, 6.07) is 0. The summed E-state index contributed by atoms with van der Waals surface area (Å²) in [5.74, 6) is -1.53. The van der Waals surface area contributed by atoms with Gasteiger partial charge in [-0.05, 0) is 39.9 Å². The first-order chi connectivity index (χ1) is 9.72. The minimum Gasteiger partial charge on any atom is -0.490 e. The van der Waals surface area contributed by atoms with E-state index < -0.39 is 17.9 Å². The van der Waals surface area contributed by atoms with Gasteiger partial charge in [0.1, 0.15) is 18.3 Å². The van der Waals surface area contributed by atoms with E-state index in [0.29, 0.717) is 11.7 Å². The highest BCUT2D eigenvalue weighted by molar-refractivity contribution is 7.80.